The fourth-order valence-electron chi connectivity index (χ4n) is 9.56. The Hall–Kier alpha value is -1.53. The number of ether oxygens (including phenoxy) is 2. The van der Waals surface area contributed by atoms with E-state index in [0.29, 0.717) is 6.42 Å². The van der Waals surface area contributed by atoms with E-state index in [1.54, 1.807) is 26.8 Å². The lowest BCUT2D eigenvalue weighted by molar-refractivity contribution is -0.390. The average Bonchev–Trinajstić information content (AvgIpc) is 3.41. The molecule has 10 heteroatoms. The molecule has 2 saturated heterocycles. The van der Waals surface area contributed by atoms with Gasteiger partial charge in [-0.05, 0) is 43.7 Å². The summed E-state index contributed by atoms with van der Waals surface area (Å²) < 4.78 is 12.1. The first-order valence-corrected chi connectivity index (χ1v) is 12.4. The molecule has 6 fully saturated rings. The van der Waals surface area contributed by atoms with Gasteiger partial charge in [0.05, 0.1) is 11.5 Å². The van der Waals surface area contributed by atoms with Gasteiger partial charge in [0.25, 0.3) is 0 Å². The van der Waals surface area contributed by atoms with Gasteiger partial charge in [0.15, 0.2) is 17.5 Å². The van der Waals surface area contributed by atoms with Gasteiger partial charge in [-0.3, -0.25) is 0 Å². The lowest BCUT2D eigenvalue weighted by Gasteiger charge is -2.60. The fraction of sp³-hybridized carbons (Fsp3) is 0.800. The minimum absolute atomic E-state index is 0.0654. The van der Waals surface area contributed by atoms with Crippen molar-refractivity contribution in [2.24, 2.45) is 22.7 Å². The number of carbonyl (C=O) groups is 1. The summed E-state index contributed by atoms with van der Waals surface area (Å²) in [5, 5.41) is 73.9. The van der Waals surface area contributed by atoms with E-state index in [4.69, 9.17) is 9.47 Å². The number of aromatic amines is 1. The van der Waals surface area contributed by atoms with Crippen LogP contribution in [0.25, 0.3) is 0 Å². The average molecular weight is 494 g/mol. The molecular weight excluding hydrogens is 458 g/mol. The van der Waals surface area contributed by atoms with E-state index in [1.165, 1.54) is 26.1 Å². The van der Waals surface area contributed by atoms with Gasteiger partial charge in [0, 0.05) is 18.0 Å². The predicted octanol–water partition coefficient (Wildman–Crippen LogP) is -0.188. The van der Waals surface area contributed by atoms with Gasteiger partial charge in [-0.2, -0.15) is 0 Å². The summed E-state index contributed by atoms with van der Waals surface area (Å²) in [7, 11) is 0. The van der Waals surface area contributed by atoms with Gasteiger partial charge >= 0.3 is 5.97 Å². The highest BCUT2D eigenvalue weighted by molar-refractivity contribution is 5.87. The summed E-state index contributed by atoms with van der Waals surface area (Å²) in [5.41, 5.74) is -15.2. The molecule has 194 valence electrons. The number of aliphatic hydroxyl groups excluding tert-OH is 1. The summed E-state index contributed by atoms with van der Waals surface area (Å²) in [6.07, 6.45) is -1.63. The maximum absolute atomic E-state index is 13.2. The van der Waals surface area contributed by atoms with Crippen molar-refractivity contribution >= 4 is 5.97 Å². The molecule has 6 bridgehead atoms. The van der Waals surface area contributed by atoms with Crippen LogP contribution in [0.15, 0.2) is 18.3 Å². The van der Waals surface area contributed by atoms with E-state index in [1.807, 2.05) is 0 Å². The molecule has 7 N–H and O–H groups in total. The first kappa shape index (κ1) is 23.8. The minimum atomic E-state index is -2.59. The summed E-state index contributed by atoms with van der Waals surface area (Å²) in [4.78, 5) is 15.9. The van der Waals surface area contributed by atoms with Gasteiger partial charge in [0.2, 0.25) is 0 Å². The minimum Gasteiger partial charge on any atom is -0.451 e. The number of hydrogen-bond donors (Lipinski definition) is 7. The Bertz CT molecular complexity index is 1130. The molecule has 1 aromatic rings. The number of rotatable bonds is 3. The molecule has 0 aromatic carbocycles. The molecule has 1 spiro atoms. The van der Waals surface area contributed by atoms with Gasteiger partial charge in [0.1, 0.15) is 28.1 Å². The van der Waals surface area contributed by atoms with Crippen LogP contribution in [0.2, 0.25) is 0 Å². The third-order valence-corrected chi connectivity index (χ3v) is 11.3. The third-order valence-electron chi connectivity index (χ3n) is 11.3. The molecule has 2 aliphatic heterocycles. The van der Waals surface area contributed by atoms with Crippen molar-refractivity contribution < 1.29 is 44.9 Å². The number of aromatic nitrogens is 1. The molecule has 4 aliphatic carbocycles. The largest absolute Gasteiger partial charge is 0.451 e. The Labute approximate surface area is 202 Å². The van der Waals surface area contributed by atoms with E-state index in [0.717, 1.165) is 0 Å². The Balaban J connectivity index is 1.69. The fourth-order valence-corrected chi connectivity index (χ4v) is 9.56. The molecule has 6 aliphatic rings. The highest BCUT2D eigenvalue weighted by atomic mass is 16.7. The zero-order valence-electron chi connectivity index (χ0n) is 20.6. The molecule has 11 atom stereocenters. The number of esters is 1. The van der Waals surface area contributed by atoms with Crippen LogP contribution in [0.5, 0.6) is 0 Å². The highest BCUT2D eigenvalue weighted by Crippen LogP contribution is 2.90. The van der Waals surface area contributed by atoms with Crippen LogP contribution in [0, 0.1) is 22.7 Å². The van der Waals surface area contributed by atoms with Gasteiger partial charge in [-0.15, -0.1) is 0 Å². The van der Waals surface area contributed by atoms with Crippen LogP contribution >= 0.6 is 0 Å². The van der Waals surface area contributed by atoms with E-state index in [9.17, 15) is 35.4 Å². The number of H-pyrrole nitrogens is 1. The second-order valence-electron chi connectivity index (χ2n) is 12.4. The standard InChI is InChI=1S/C25H35NO9/c1-12(2)22(31)17(34-16(28)14-7-6-10-26-14)23(32)18(4)11-21(30)19(22,5)25(23,33)24(35-21)15(27)13(3)8-9-20(18,24)29/h6-7,10,12-13,15,17,26-27,29-33H,8-9,11H2,1-5H3/t13-,15+,17+,18-,19+,20-,21-,22-,23+,24+,25+/m0/s1. The van der Waals surface area contributed by atoms with Gasteiger partial charge in [-0.1, -0.05) is 27.7 Å². The first-order valence-electron chi connectivity index (χ1n) is 12.4. The summed E-state index contributed by atoms with van der Waals surface area (Å²) in [6.45, 7) is 7.91. The molecule has 0 radical (unpaired) electrons. The van der Waals surface area contributed by atoms with E-state index in [2.05, 4.69) is 4.98 Å². The van der Waals surface area contributed by atoms with Crippen LogP contribution in [-0.2, 0) is 9.47 Å². The maximum atomic E-state index is 13.2. The zero-order valence-corrected chi connectivity index (χ0v) is 20.6. The van der Waals surface area contributed by atoms with Crippen LogP contribution in [0.3, 0.4) is 0 Å². The lowest BCUT2D eigenvalue weighted by Crippen LogP contribution is -2.75. The Morgan fingerprint density at radius 3 is 2.43 bits per heavy atom. The first-order chi connectivity index (χ1) is 16.0. The second-order valence-corrected chi connectivity index (χ2v) is 12.4. The molecule has 7 rings (SSSR count). The molecule has 0 unspecified atom stereocenters. The van der Waals surface area contributed by atoms with Crippen LogP contribution in [-0.4, -0.2) is 87.6 Å². The van der Waals surface area contributed by atoms with E-state index in [-0.39, 0.29) is 18.5 Å². The monoisotopic (exact) mass is 493 g/mol. The summed E-state index contributed by atoms with van der Waals surface area (Å²) in [6, 6.07) is 3.06. The van der Waals surface area contributed by atoms with Gasteiger partial charge in [-0.25, -0.2) is 4.79 Å². The second kappa shape index (κ2) is 5.96. The molecule has 1 aromatic heterocycles. The van der Waals surface area contributed by atoms with Crippen molar-refractivity contribution in [2.45, 2.75) is 99.9 Å². The lowest BCUT2D eigenvalue weighted by atomic mass is 9.52. The van der Waals surface area contributed by atoms with Gasteiger partial charge < -0.3 is 45.1 Å². The molecule has 4 saturated carbocycles. The van der Waals surface area contributed by atoms with Crippen molar-refractivity contribution in [3.05, 3.63) is 24.0 Å². The quantitative estimate of drug-likeness (QED) is 0.282. The topological polar surface area (TPSA) is 173 Å². The van der Waals surface area contributed by atoms with E-state index < -0.39 is 74.6 Å². The maximum Gasteiger partial charge on any atom is 0.355 e. The molecule has 10 nitrogen and oxygen atoms in total. The smallest absolute Gasteiger partial charge is 0.355 e. The van der Waals surface area contributed by atoms with Crippen molar-refractivity contribution in [3.8, 4) is 0 Å². The van der Waals surface area contributed by atoms with Crippen molar-refractivity contribution in [1.29, 1.82) is 0 Å². The molecule has 0 amide bonds. The SMILES string of the molecule is CC(C)[C@]1(O)[C@@H](OC(=O)c2ccc[nH]2)[C@@]2(O)[C@@]3(C)C[C@]4(O)O[C@@]5([C@H](O)[C@@H](C)CC[C@]35O)[C@@]2(O)[C@]41C. The molecular formula is C25H35NO9. The van der Waals surface area contributed by atoms with Crippen molar-refractivity contribution in [1.82, 2.24) is 4.98 Å². The van der Waals surface area contributed by atoms with Crippen molar-refractivity contribution in [2.75, 3.05) is 0 Å². The van der Waals surface area contributed by atoms with Crippen LogP contribution in [0.1, 0.15) is 64.4 Å². The number of hydrogen-bond acceptors (Lipinski definition) is 9. The molecule has 3 heterocycles. The molecule has 35 heavy (non-hydrogen) atoms. The Kier molecular flexibility index (Phi) is 4.06. The van der Waals surface area contributed by atoms with Crippen LogP contribution in [0.4, 0.5) is 0 Å². The third kappa shape index (κ3) is 1.74. The van der Waals surface area contributed by atoms with E-state index >= 15 is 0 Å². The van der Waals surface area contributed by atoms with Crippen molar-refractivity contribution in [3.63, 3.8) is 0 Å². The number of carbonyl (C=O) groups excluding carboxylic acids is 1. The Morgan fingerprint density at radius 2 is 1.86 bits per heavy atom. The highest BCUT2D eigenvalue weighted by Gasteiger charge is 3.10. The predicted molar refractivity (Wildman–Crippen MR) is 119 cm³/mol. The Morgan fingerprint density at radius 1 is 1.20 bits per heavy atom. The normalized spacial score (nSPS) is 59.8. The summed E-state index contributed by atoms with van der Waals surface area (Å²) in [5.74, 6) is -4.34. The number of aliphatic hydroxyl groups is 6. The number of nitrogens with one attached hydrogen (secondary N) is 1. The summed E-state index contributed by atoms with van der Waals surface area (Å²) >= 11 is 0. The van der Waals surface area contributed by atoms with Crippen LogP contribution < -0.4 is 0 Å². The zero-order chi connectivity index (χ0) is 25.8.